The van der Waals surface area contributed by atoms with Crippen LogP contribution < -0.4 is 4.74 Å². The van der Waals surface area contributed by atoms with E-state index in [0.717, 1.165) is 41.1 Å². The van der Waals surface area contributed by atoms with E-state index in [2.05, 4.69) is 32.9 Å². The number of aliphatic imine (C=N–C) groups is 1. The molecule has 1 aromatic carbocycles. The summed E-state index contributed by atoms with van der Waals surface area (Å²) in [7, 11) is 0. The summed E-state index contributed by atoms with van der Waals surface area (Å²) in [5.74, 6) is 1.38. The standard InChI is InChI=1S/C20H22N2O/c1-13(2)18-14(3)11-15(12-21-18)19-16-7-4-5-8-17(16)23-20(22-19)9-6-10-20/h4-5,7-8,11-13H,6,9-10H2,1-3H3. The van der Waals surface area contributed by atoms with Crippen LogP contribution in [0.15, 0.2) is 41.5 Å². The van der Waals surface area contributed by atoms with Crippen LogP contribution in [-0.2, 0) is 0 Å². The van der Waals surface area contributed by atoms with Crippen molar-refractivity contribution < 1.29 is 4.74 Å². The number of aromatic nitrogens is 1. The molecule has 2 aliphatic rings. The number of benzene rings is 1. The molecule has 0 amide bonds. The normalized spacial score (nSPS) is 18.2. The van der Waals surface area contributed by atoms with Gasteiger partial charge in [-0.3, -0.25) is 4.98 Å². The van der Waals surface area contributed by atoms with E-state index < -0.39 is 0 Å². The maximum atomic E-state index is 6.19. The van der Waals surface area contributed by atoms with Crippen LogP contribution >= 0.6 is 0 Å². The lowest BCUT2D eigenvalue weighted by Crippen LogP contribution is -2.44. The molecule has 3 nitrogen and oxygen atoms in total. The van der Waals surface area contributed by atoms with Gasteiger partial charge in [-0.05, 0) is 43.0 Å². The number of hydrogen-bond acceptors (Lipinski definition) is 3. The molecular formula is C20H22N2O. The van der Waals surface area contributed by atoms with Crippen LogP contribution in [0.1, 0.15) is 61.4 Å². The number of aryl methyl sites for hydroxylation is 1. The van der Waals surface area contributed by atoms with Crippen molar-refractivity contribution in [2.24, 2.45) is 4.99 Å². The van der Waals surface area contributed by atoms with Gasteiger partial charge < -0.3 is 4.74 Å². The smallest absolute Gasteiger partial charge is 0.200 e. The zero-order valence-corrected chi connectivity index (χ0v) is 14.0. The van der Waals surface area contributed by atoms with Crippen LogP contribution in [0.2, 0.25) is 0 Å². The molecule has 1 aliphatic carbocycles. The average Bonchev–Trinajstić information content (AvgIpc) is 2.52. The molecule has 0 saturated heterocycles. The Bertz CT molecular complexity index is 788. The van der Waals surface area contributed by atoms with Gasteiger partial charge in [-0.1, -0.05) is 26.0 Å². The van der Waals surface area contributed by atoms with Gasteiger partial charge >= 0.3 is 0 Å². The number of para-hydroxylation sites is 1. The summed E-state index contributed by atoms with van der Waals surface area (Å²) in [6.07, 6.45) is 5.15. The predicted octanol–water partition coefficient (Wildman–Crippen LogP) is 4.62. The van der Waals surface area contributed by atoms with Crippen LogP contribution in [0.5, 0.6) is 5.75 Å². The van der Waals surface area contributed by atoms with E-state index in [1.54, 1.807) is 0 Å². The third kappa shape index (κ3) is 2.35. The lowest BCUT2D eigenvalue weighted by atomic mass is 9.86. The first-order valence-corrected chi connectivity index (χ1v) is 8.43. The van der Waals surface area contributed by atoms with Crippen molar-refractivity contribution in [3.63, 3.8) is 0 Å². The molecule has 2 heterocycles. The number of hydrogen-bond donors (Lipinski definition) is 0. The Morgan fingerprint density at radius 1 is 1.17 bits per heavy atom. The fraction of sp³-hybridized carbons (Fsp3) is 0.400. The van der Waals surface area contributed by atoms with Crippen molar-refractivity contribution in [3.05, 3.63) is 58.9 Å². The molecule has 23 heavy (non-hydrogen) atoms. The molecule has 0 N–H and O–H groups in total. The second kappa shape index (κ2) is 5.19. The van der Waals surface area contributed by atoms with Crippen LogP contribution in [0.4, 0.5) is 0 Å². The molecule has 1 spiro atoms. The lowest BCUT2D eigenvalue weighted by molar-refractivity contribution is -0.00150. The highest BCUT2D eigenvalue weighted by atomic mass is 16.5. The van der Waals surface area contributed by atoms with Crippen molar-refractivity contribution in [3.8, 4) is 5.75 Å². The van der Waals surface area contributed by atoms with E-state index in [9.17, 15) is 0 Å². The highest BCUT2D eigenvalue weighted by Crippen LogP contribution is 2.43. The number of ether oxygens (including phenoxy) is 1. The molecule has 118 valence electrons. The molecule has 1 aliphatic heterocycles. The summed E-state index contributed by atoms with van der Waals surface area (Å²) in [6, 6.07) is 10.4. The maximum absolute atomic E-state index is 6.19. The molecular weight excluding hydrogens is 284 g/mol. The van der Waals surface area contributed by atoms with E-state index in [-0.39, 0.29) is 5.72 Å². The minimum absolute atomic E-state index is 0.339. The molecule has 0 radical (unpaired) electrons. The summed E-state index contributed by atoms with van der Waals surface area (Å²) in [5, 5.41) is 0. The average molecular weight is 306 g/mol. The molecule has 0 unspecified atom stereocenters. The van der Waals surface area contributed by atoms with Gasteiger partial charge in [-0.15, -0.1) is 0 Å². The molecule has 3 heteroatoms. The second-order valence-corrected chi connectivity index (χ2v) is 6.94. The van der Waals surface area contributed by atoms with Crippen LogP contribution in [0.3, 0.4) is 0 Å². The fourth-order valence-corrected chi connectivity index (χ4v) is 3.48. The van der Waals surface area contributed by atoms with Crippen LogP contribution in [0.25, 0.3) is 0 Å². The van der Waals surface area contributed by atoms with Gasteiger partial charge in [0.1, 0.15) is 5.75 Å². The zero-order chi connectivity index (χ0) is 16.0. The van der Waals surface area contributed by atoms with Crippen molar-refractivity contribution in [2.75, 3.05) is 0 Å². The van der Waals surface area contributed by atoms with E-state index >= 15 is 0 Å². The van der Waals surface area contributed by atoms with E-state index in [0.29, 0.717) is 5.92 Å². The van der Waals surface area contributed by atoms with Crippen LogP contribution in [-0.4, -0.2) is 16.4 Å². The highest BCUT2D eigenvalue weighted by Gasteiger charge is 2.43. The molecule has 1 fully saturated rings. The Morgan fingerprint density at radius 3 is 2.61 bits per heavy atom. The van der Waals surface area contributed by atoms with Crippen molar-refractivity contribution in [1.29, 1.82) is 0 Å². The first-order chi connectivity index (χ1) is 11.1. The Balaban J connectivity index is 1.84. The fourth-order valence-electron chi connectivity index (χ4n) is 3.48. The Morgan fingerprint density at radius 2 is 1.96 bits per heavy atom. The van der Waals surface area contributed by atoms with Gasteiger partial charge in [0.2, 0.25) is 5.72 Å². The van der Waals surface area contributed by atoms with Gasteiger partial charge in [0.15, 0.2) is 0 Å². The largest absolute Gasteiger partial charge is 0.465 e. The van der Waals surface area contributed by atoms with Crippen molar-refractivity contribution in [2.45, 2.75) is 51.7 Å². The van der Waals surface area contributed by atoms with Crippen LogP contribution in [0, 0.1) is 6.92 Å². The number of nitrogens with zero attached hydrogens (tertiary/aromatic N) is 2. The molecule has 2 aromatic rings. The minimum Gasteiger partial charge on any atom is -0.465 e. The van der Waals surface area contributed by atoms with Gasteiger partial charge in [-0.2, -0.15) is 0 Å². The number of fused-ring (bicyclic) bond motifs is 1. The van der Waals surface area contributed by atoms with Gasteiger partial charge in [0.05, 0.1) is 5.71 Å². The van der Waals surface area contributed by atoms with E-state index in [1.807, 2.05) is 24.4 Å². The third-order valence-corrected chi connectivity index (χ3v) is 4.83. The quantitative estimate of drug-likeness (QED) is 0.811. The zero-order valence-electron chi connectivity index (χ0n) is 14.0. The summed E-state index contributed by atoms with van der Waals surface area (Å²) in [6.45, 7) is 6.50. The van der Waals surface area contributed by atoms with Gasteiger partial charge in [0, 0.05) is 35.9 Å². The van der Waals surface area contributed by atoms with Gasteiger partial charge in [-0.25, -0.2) is 4.99 Å². The minimum atomic E-state index is -0.339. The molecule has 1 saturated carbocycles. The number of pyridine rings is 1. The van der Waals surface area contributed by atoms with Crippen molar-refractivity contribution in [1.82, 2.24) is 4.98 Å². The SMILES string of the molecule is Cc1cc(C2=NC3(CCC3)Oc3ccccc32)cnc1C(C)C. The Kier molecular flexibility index (Phi) is 3.26. The Hall–Kier alpha value is -2.16. The first kappa shape index (κ1) is 14.4. The van der Waals surface area contributed by atoms with E-state index in [1.165, 1.54) is 12.0 Å². The van der Waals surface area contributed by atoms with Gasteiger partial charge in [0.25, 0.3) is 0 Å². The second-order valence-electron chi connectivity index (χ2n) is 6.94. The maximum Gasteiger partial charge on any atom is 0.200 e. The summed E-state index contributed by atoms with van der Waals surface area (Å²) in [4.78, 5) is 9.70. The lowest BCUT2D eigenvalue weighted by Gasteiger charge is -2.42. The number of rotatable bonds is 2. The monoisotopic (exact) mass is 306 g/mol. The molecule has 0 bridgehead atoms. The Labute approximate surface area is 137 Å². The molecule has 4 rings (SSSR count). The predicted molar refractivity (Wildman–Crippen MR) is 92.4 cm³/mol. The molecule has 1 aromatic heterocycles. The van der Waals surface area contributed by atoms with Crippen molar-refractivity contribution >= 4 is 5.71 Å². The topological polar surface area (TPSA) is 34.5 Å². The van der Waals surface area contributed by atoms with E-state index in [4.69, 9.17) is 14.7 Å². The third-order valence-electron chi connectivity index (χ3n) is 4.83. The summed E-state index contributed by atoms with van der Waals surface area (Å²) >= 11 is 0. The highest BCUT2D eigenvalue weighted by molar-refractivity contribution is 6.15. The first-order valence-electron chi connectivity index (χ1n) is 8.43. The molecule has 0 atom stereocenters. The summed E-state index contributed by atoms with van der Waals surface area (Å²) in [5.41, 5.74) is 5.24. The summed E-state index contributed by atoms with van der Waals surface area (Å²) < 4.78 is 6.19.